The SMILES string of the molecule is CC1(C(=O)Nc2cc(C(C)(C)C)[nH]n2)CCCCC1. The van der Waals surface area contributed by atoms with Crippen LogP contribution in [0.1, 0.15) is 65.5 Å². The third kappa shape index (κ3) is 3.17. The van der Waals surface area contributed by atoms with Crippen LogP contribution < -0.4 is 5.32 Å². The van der Waals surface area contributed by atoms with Crippen molar-refractivity contribution in [3.05, 3.63) is 11.8 Å². The van der Waals surface area contributed by atoms with Gasteiger partial charge >= 0.3 is 0 Å². The summed E-state index contributed by atoms with van der Waals surface area (Å²) in [6, 6.07) is 1.93. The van der Waals surface area contributed by atoms with Gasteiger partial charge in [-0.25, -0.2) is 0 Å². The Morgan fingerprint density at radius 2 is 1.95 bits per heavy atom. The second-order valence-electron chi connectivity index (χ2n) is 6.99. The Hall–Kier alpha value is -1.32. The molecule has 19 heavy (non-hydrogen) atoms. The molecule has 0 saturated heterocycles. The average molecular weight is 263 g/mol. The third-order valence-electron chi connectivity index (χ3n) is 4.13. The van der Waals surface area contributed by atoms with E-state index >= 15 is 0 Å². The lowest BCUT2D eigenvalue weighted by Crippen LogP contribution is -2.35. The van der Waals surface area contributed by atoms with Crippen molar-refractivity contribution in [2.75, 3.05) is 5.32 Å². The molecule has 1 aliphatic carbocycles. The van der Waals surface area contributed by atoms with E-state index in [4.69, 9.17) is 0 Å². The minimum absolute atomic E-state index is 0.0186. The number of nitrogens with one attached hydrogen (secondary N) is 2. The fourth-order valence-corrected chi connectivity index (χ4v) is 2.60. The molecular weight excluding hydrogens is 238 g/mol. The van der Waals surface area contributed by atoms with Gasteiger partial charge in [-0.15, -0.1) is 0 Å². The summed E-state index contributed by atoms with van der Waals surface area (Å²) in [6.07, 6.45) is 5.51. The molecule has 0 atom stereocenters. The molecule has 1 amide bonds. The molecule has 1 aliphatic rings. The topological polar surface area (TPSA) is 57.8 Å². The van der Waals surface area contributed by atoms with Gasteiger partial charge in [0.25, 0.3) is 0 Å². The van der Waals surface area contributed by atoms with E-state index in [1.807, 2.05) is 6.07 Å². The van der Waals surface area contributed by atoms with Crippen LogP contribution in [0.25, 0.3) is 0 Å². The maximum atomic E-state index is 12.4. The summed E-state index contributed by atoms with van der Waals surface area (Å²) in [5.41, 5.74) is 0.834. The molecule has 1 aromatic rings. The van der Waals surface area contributed by atoms with Crippen molar-refractivity contribution in [1.82, 2.24) is 10.2 Å². The van der Waals surface area contributed by atoms with E-state index in [9.17, 15) is 4.79 Å². The molecule has 106 valence electrons. The summed E-state index contributed by atoms with van der Waals surface area (Å²) in [5.74, 6) is 0.751. The zero-order valence-electron chi connectivity index (χ0n) is 12.5. The van der Waals surface area contributed by atoms with Gasteiger partial charge in [-0.2, -0.15) is 5.10 Å². The predicted octanol–water partition coefficient (Wildman–Crippen LogP) is 3.62. The molecule has 1 saturated carbocycles. The molecule has 1 fully saturated rings. The number of aromatic amines is 1. The highest BCUT2D eigenvalue weighted by Gasteiger charge is 2.34. The van der Waals surface area contributed by atoms with Crippen molar-refractivity contribution in [1.29, 1.82) is 0 Å². The number of aromatic nitrogens is 2. The second-order valence-corrected chi connectivity index (χ2v) is 6.99. The highest BCUT2D eigenvalue weighted by atomic mass is 16.2. The maximum absolute atomic E-state index is 12.4. The van der Waals surface area contributed by atoms with E-state index < -0.39 is 0 Å². The zero-order valence-corrected chi connectivity index (χ0v) is 12.5. The van der Waals surface area contributed by atoms with E-state index in [0.717, 1.165) is 31.4 Å². The number of hydrogen-bond donors (Lipinski definition) is 2. The van der Waals surface area contributed by atoms with Crippen LogP contribution in [-0.4, -0.2) is 16.1 Å². The lowest BCUT2D eigenvalue weighted by Gasteiger charge is -2.31. The number of carbonyl (C=O) groups is 1. The van der Waals surface area contributed by atoms with Gasteiger partial charge in [-0.3, -0.25) is 9.89 Å². The predicted molar refractivity (Wildman–Crippen MR) is 77.1 cm³/mol. The summed E-state index contributed by atoms with van der Waals surface area (Å²) in [7, 11) is 0. The first-order valence-corrected chi connectivity index (χ1v) is 7.19. The summed E-state index contributed by atoms with van der Waals surface area (Å²) < 4.78 is 0. The van der Waals surface area contributed by atoms with Crippen LogP contribution in [0.2, 0.25) is 0 Å². The van der Waals surface area contributed by atoms with Crippen LogP contribution in [0.5, 0.6) is 0 Å². The van der Waals surface area contributed by atoms with E-state index in [-0.39, 0.29) is 16.7 Å². The Morgan fingerprint density at radius 3 is 2.47 bits per heavy atom. The maximum Gasteiger partial charge on any atom is 0.231 e. The van der Waals surface area contributed by atoms with Gasteiger partial charge in [0.2, 0.25) is 5.91 Å². The molecule has 0 radical (unpaired) electrons. The number of rotatable bonds is 2. The Labute approximate surface area is 115 Å². The summed E-state index contributed by atoms with van der Waals surface area (Å²) in [4.78, 5) is 12.4. The standard InChI is InChI=1S/C15H25N3O/c1-14(2,3)11-10-12(18-17-11)16-13(19)15(4)8-6-5-7-9-15/h10H,5-9H2,1-4H3,(H2,16,17,18,19). The molecule has 0 aliphatic heterocycles. The van der Waals surface area contributed by atoms with Crippen molar-refractivity contribution in [2.45, 2.75) is 65.2 Å². The lowest BCUT2D eigenvalue weighted by molar-refractivity contribution is -0.126. The van der Waals surface area contributed by atoms with Crippen molar-refractivity contribution < 1.29 is 4.79 Å². The highest BCUT2D eigenvalue weighted by molar-refractivity contribution is 5.94. The molecule has 4 nitrogen and oxygen atoms in total. The minimum atomic E-state index is -0.223. The molecule has 2 N–H and O–H groups in total. The normalized spacial score (nSPS) is 19.2. The van der Waals surface area contributed by atoms with E-state index in [1.165, 1.54) is 6.42 Å². The first-order chi connectivity index (χ1) is 8.81. The van der Waals surface area contributed by atoms with Gasteiger partial charge in [-0.1, -0.05) is 47.0 Å². The van der Waals surface area contributed by atoms with Gasteiger partial charge in [-0.05, 0) is 12.8 Å². The zero-order chi connectivity index (χ0) is 14.1. The number of nitrogens with zero attached hydrogens (tertiary/aromatic N) is 1. The summed E-state index contributed by atoms with van der Waals surface area (Å²) >= 11 is 0. The second kappa shape index (κ2) is 4.99. The van der Waals surface area contributed by atoms with E-state index in [2.05, 4.69) is 43.2 Å². The van der Waals surface area contributed by atoms with Crippen molar-refractivity contribution in [2.24, 2.45) is 5.41 Å². The molecule has 2 rings (SSSR count). The molecular formula is C15H25N3O. The smallest absolute Gasteiger partial charge is 0.231 e. The van der Waals surface area contributed by atoms with Crippen LogP contribution in [0.4, 0.5) is 5.82 Å². The number of amides is 1. The summed E-state index contributed by atoms with van der Waals surface area (Å²) in [5, 5.41) is 10.2. The molecule has 1 heterocycles. The fourth-order valence-electron chi connectivity index (χ4n) is 2.60. The average Bonchev–Trinajstić information content (AvgIpc) is 2.78. The van der Waals surface area contributed by atoms with E-state index in [0.29, 0.717) is 5.82 Å². The van der Waals surface area contributed by atoms with Gasteiger partial charge in [0.15, 0.2) is 5.82 Å². The van der Waals surface area contributed by atoms with Crippen LogP contribution in [-0.2, 0) is 10.2 Å². The highest BCUT2D eigenvalue weighted by Crippen LogP contribution is 2.36. The van der Waals surface area contributed by atoms with Gasteiger partial charge < -0.3 is 5.32 Å². The molecule has 0 unspecified atom stereocenters. The quantitative estimate of drug-likeness (QED) is 0.856. The molecule has 0 spiro atoms. The molecule has 1 aromatic heterocycles. The van der Waals surface area contributed by atoms with Crippen molar-refractivity contribution >= 4 is 11.7 Å². The third-order valence-corrected chi connectivity index (χ3v) is 4.13. The molecule has 0 aromatic carbocycles. The summed E-state index contributed by atoms with van der Waals surface area (Å²) in [6.45, 7) is 8.43. The number of H-pyrrole nitrogens is 1. The first-order valence-electron chi connectivity index (χ1n) is 7.19. The van der Waals surface area contributed by atoms with Crippen LogP contribution in [0.15, 0.2) is 6.07 Å². The lowest BCUT2D eigenvalue weighted by atomic mass is 9.75. The van der Waals surface area contributed by atoms with Crippen LogP contribution in [0.3, 0.4) is 0 Å². The largest absolute Gasteiger partial charge is 0.309 e. The fraction of sp³-hybridized carbons (Fsp3) is 0.733. The van der Waals surface area contributed by atoms with Gasteiger partial charge in [0, 0.05) is 22.6 Å². The van der Waals surface area contributed by atoms with Crippen molar-refractivity contribution in [3.8, 4) is 0 Å². The van der Waals surface area contributed by atoms with E-state index in [1.54, 1.807) is 0 Å². The first kappa shape index (κ1) is 14.1. The Balaban J connectivity index is 2.04. The minimum Gasteiger partial charge on any atom is -0.309 e. The van der Waals surface area contributed by atoms with Gasteiger partial charge in [0.05, 0.1) is 0 Å². The number of hydrogen-bond acceptors (Lipinski definition) is 2. The molecule has 4 heteroatoms. The molecule has 0 bridgehead atoms. The Bertz CT molecular complexity index is 450. The Morgan fingerprint density at radius 1 is 1.32 bits per heavy atom. The number of carbonyl (C=O) groups excluding carboxylic acids is 1. The van der Waals surface area contributed by atoms with Crippen LogP contribution >= 0.6 is 0 Å². The Kier molecular flexibility index (Phi) is 3.70. The van der Waals surface area contributed by atoms with Crippen molar-refractivity contribution in [3.63, 3.8) is 0 Å². The monoisotopic (exact) mass is 263 g/mol. The number of anilines is 1. The van der Waals surface area contributed by atoms with Gasteiger partial charge in [0.1, 0.15) is 0 Å². The van der Waals surface area contributed by atoms with Crippen LogP contribution in [0, 0.1) is 5.41 Å².